The molecule has 15 heavy (non-hydrogen) atoms. The smallest absolute Gasteiger partial charge is 0.147 e. The van der Waals surface area contributed by atoms with Crippen molar-refractivity contribution in [1.29, 1.82) is 0 Å². The lowest BCUT2D eigenvalue weighted by atomic mass is 10.1. The van der Waals surface area contributed by atoms with E-state index in [0.717, 1.165) is 24.2 Å². The van der Waals surface area contributed by atoms with Crippen molar-refractivity contribution in [2.45, 2.75) is 6.42 Å². The van der Waals surface area contributed by atoms with Crippen molar-refractivity contribution < 1.29 is 4.79 Å². The molecule has 2 rings (SSSR count). The highest BCUT2D eigenvalue weighted by Gasteiger charge is 2.18. The fourth-order valence-corrected chi connectivity index (χ4v) is 1.95. The molecule has 0 radical (unpaired) electrons. The van der Waals surface area contributed by atoms with Gasteiger partial charge in [-0.2, -0.15) is 0 Å². The molecule has 0 unspecified atom stereocenters. The third-order valence-electron chi connectivity index (χ3n) is 2.53. The van der Waals surface area contributed by atoms with Crippen molar-refractivity contribution in [3.8, 4) is 0 Å². The van der Waals surface area contributed by atoms with Crippen molar-refractivity contribution in [3.05, 3.63) is 29.5 Å². The normalized spacial score (nSPS) is 16.0. The number of carbonyl (C=O) groups excluding carboxylic acids is 1. The fraction of sp³-hybridized carbons (Fsp3) is 0.273. The van der Waals surface area contributed by atoms with Gasteiger partial charge in [0.05, 0.1) is 5.03 Å². The highest BCUT2D eigenvalue weighted by atomic mass is 35.5. The van der Waals surface area contributed by atoms with Gasteiger partial charge in [0.25, 0.3) is 0 Å². The number of carbonyl (C=O) groups is 1. The molecule has 1 aromatic heterocycles. The standard InChI is InChI=1S/C11H11ClN2O/c1-14-6-4-8(7-15)10(12)9-3-2-5-13-11(9)14/h2-3,5,7H,4,6H2,1H3. The molecule has 1 aromatic rings. The van der Waals surface area contributed by atoms with Crippen molar-refractivity contribution >= 4 is 28.7 Å². The second-order valence-electron chi connectivity index (χ2n) is 3.50. The SMILES string of the molecule is CN1CCC(C=O)=C(Cl)c2cccnc21. The molecule has 0 N–H and O–H groups in total. The summed E-state index contributed by atoms with van der Waals surface area (Å²) in [7, 11) is 1.95. The third kappa shape index (κ3) is 1.75. The number of halogens is 1. The maximum absolute atomic E-state index is 10.9. The molecule has 0 amide bonds. The summed E-state index contributed by atoms with van der Waals surface area (Å²) in [5.74, 6) is 0.833. The summed E-state index contributed by atoms with van der Waals surface area (Å²) in [4.78, 5) is 17.1. The molecule has 0 atom stereocenters. The molecule has 78 valence electrons. The summed E-state index contributed by atoms with van der Waals surface area (Å²) < 4.78 is 0. The van der Waals surface area contributed by atoms with Crippen LogP contribution in [0.3, 0.4) is 0 Å². The number of fused-ring (bicyclic) bond motifs is 1. The minimum Gasteiger partial charge on any atom is -0.359 e. The maximum Gasteiger partial charge on any atom is 0.147 e. The van der Waals surface area contributed by atoms with Crippen molar-refractivity contribution in [3.63, 3.8) is 0 Å². The lowest BCUT2D eigenvalue weighted by molar-refractivity contribution is -0.104. The molecule has 1 aliphatic rings. The zero-order valence-corrected chi connectivity index (χ0v) is 9.16. The zero-order valence-electron chi connectivity index (χ0n) is 8.40. The molecule has 0 fully saturated rings. The van der Waals surface area contributed by atoms with Crippen LogP contribution in [0, 0.1) is 0 Å². The number of pyridine rings is 1. The summed E-state index contributed by atoms with van der Waals surface area (Å²) in [6, 6.07) is 3.71. The summed E-state index contributed by atoms with van der Waals surface area (Å²) >= 11 is 6.16. The van der Waals surface area contributed by atoms with Crippen LogP contribution in [0.25, 0.3) is 5.03 Å². The van der Waals surface area contributed by atoms with Gasteiger partial charge >= 0.3 is 0 Å². The van der Waals surface area contributed by atoms with E-state index in [1.54, 1.807) is 6.20 Å². The largest absolute Gasteiger partial charge is 0.359 e. The van der Waals surface area contributed by atoms with Crippen LogP contribution >= 0.6 is 11.6 Å². The minimum absolute atomic E-state index is 0.525. The second kappa shape index (κ2) is 4.03. The van der Waals surface area contributed by atoms with Crippen LogP contribution in [0.2, 0.25) is 0 Å². The fourth-order valence-electron chi connectivity index (χ4n) is 1.66. The molecule has 0 saturated heterocycles. The quantitative estimate of drug-likeness (QED) is 0.682. The van der Waals surface area contributed by atoms with E-state index in [-0.39, 0.29) is 0 Å². The van der Waals surface area contributed by atoms with Crippen molar-refractivity contribution in [1.82, 2.24) is 4.98 Å². The maximum atomic E-state index is 10.9. The monoisotopic (exact) mass is 222 g/mol. The van der Waals surface area contributed by atoms with E-state index in [0.29, 0.717) is 17.0 Å². The lowest BCUT2D eigenvalue weighted by Gasteiger charge is -2.17. The van der Waals surface area contributed by atoms with Crippen LogP contribution in [0.4, 0.5) is 5.82 Å². The van der Waals surface area contributed by atoms with Gasteiger partial charge in [-0.25, -0.2) is 4.98 Å². The zero-order chi connectivity index (χ0) is 10.8. The van der Waals surface area contributed by atoms with Gasteiger partial charge in [-0.15, -0.1) is 0 Å². The average Bonchev–Trinajstić information content (AvgIpc) is 2.39. The average molecular weight is 223 g/mol. The van der Waals surface area contributed by atoms with Gasteiger partial charge in [0.1, 0.15) is 12.1 Å². The molecule has 0 spiro atoms. The van der Waals surface area contributed by atoms with E-state index in [1.165, 1.54) is 0 Å². The molecule has 1 aliphatic heterocycles. The topological polar surface area (TPSA) is 33.2 Å². The minimum atomic E-state index is 0.525. The summed E-state index contributed by atoms with van der Waals surface area (Å²) in [6.45, 7) is 0.758. The van der Waals surface area contributed by atoms with Gasteiger partial charge in [-0.05, 0) is 18.6 Å². The third-order valence-corrected chi connectivity index (χ3v) is 2.97. The van der Waals surface area contributed by atoms with Gasteiger partial charge in [-0.3, -0.25) is 4.79 Å². The number of rotatable bonds is 1. The molecule has 0 aromatic carbocycles. The van der Waals surface area contributed by atoms with Gasteiger partial charge in [0, 0.05) is 30.9 Å². The number of nitrogens with zero attached hydrogens (tertiary/aromatic N) is 2. The molecule has 4 heteroatoms. The molecular formula is C11H11ClN2O. The summed E-state index contributed by atoms with van der Waals surface area (Å²) in [5.41, 5.74) is 1.48. The predicted molar refractivity (Wildman–Crippen MR) is 61.0 cm³/mol. The van der Waals surface area contributed by atoms with Crippen LogP contribution in [0.15, 0.2) is 23.9 Å². The number of aldehydes is 1. The second-order valence-corrected chi connectivity index (χ2v) is 3.88. The summed E-state index contributed by atoms with van der Waals surface area (Å²) in [5, 5.41) is 0.525. The lowest BCUT2D eigenvalue weighted by Crippen LogP contribution is -2.19. The Morgan fingerprint density at radius 3 is 3.13 bits per heavy atom. The molecule has 2 heterocycles. The molecule has 0 bridgehead atoms. The first kappa shape index (κ1) is 10.2. The van der Waals surface area contributed by atoms with Gasteiger partial charge in [0.15, 0.2) is 0 Å². The Kier molecular flexibility index (Phi) is 2.73. The van der Waals surface area contributed by atoms with Gasteiger partial charge in [-0.1, -0.05) is 11.6 Å². The number of hydrogen-bond donors (Lipinski definition) is 0. The first-order valence-electron chi connectivity index (χ1n) is 4.74. The van der Waals surface area contributed by atoms with E-state index in [4.69, 9.17) is 11.6 Å². The Hall–Kier alpha value is -1.35. The van der Waals surface area contributed by atoms with Crippen LogP contribution in [0.1, 0.15) is 12.0 Å². The highest BCUT2D eigenvalue weighted by molar-refractivity contribution is 6.51. The first-order valence-corrected chi connectivity index (χ1v) is 5.12. The Labute approximate surface area is 93.4 Å². The number of anilines is 1. The number of hydrogen-bond acceptors (Lipinski definition) is 3. The van der Waals surface area contributed by atoms with Gasteiger partial charge < -0.3 is 4.90 Å². The Bertz CT molecular complexity index is 428. The van der Waals surface area contributed by atoms with Crippen LogP contribution < -0.4 is 4.90 Å². The Balaban J connectivity index is 2.61. The van der Waals surface area contributed by atoms with Crippen LogP contribution in [-0.2, 0) is 4.79 Å². The molecule has 0 aliphatic carbocycles. The molecule has 3 nitrogen and oxygen atoms in total. The van der Waals surface area contributed by atoms with Crippen LogP contribution in [0.5, 0.6) is 0 Å². The first-order chi connectivity index (χ1) is 7.24. The van der Waals surface area contributed by atoms with Crippen LogP contribution in [-0.4, -0.2) is 24.9 Å². The van der Waals surface area contributed by atoms with E-state index < -0.39 is 0 Å². The highest BCUT2D eigenvalue weighted by Crippen LogP contribution is 2.33. The predicted octanol–water partition coefficient (Wildman–Crippen LogP) is 2.07. The molecule has 0 saturated carbocycles. The number of aromatic nitrogens is 1. The van der Waals surface area contributed by atoms with E-state index in [9.17, 15) is 4.79 Å². The summed E-state index contributed by atoms with van der Waals surface area (Å²) in [6.07, 6.45) is 3.22. The molecular weight excluding hydrogens is 212 g/mol. The van der Waals surface area contributed by atoms with Crippen molar-refractivity contribution in [2.75, 3.05) is 18.5 Å². The van der Waals surface area contributed by atoms with E-state index in [2.05, 4.69) is 4.98 Å². The van der Waals surface area contributed by atoms with Gasteiger partial charge in [0.2, 0.25) is 0 Å². The van der Waals surface area contributed by atoms with E-state index in [1.807, 2.05) is 24.1 Å². The van der Waals surface area contributed by atoms with Crippen molar-refractivity contribution in [2.24, 2.45) is 0 Å². The Morgan fingerprint density at radius 1 is 1.60 bits per heavy atom. The van der Waals surface area contributed by atoms with E-state index >= 15 is 0 Å². The Morgan fingerprint density at radius 2 is 2.40 bits per heavy atom.